The number of carboxylic acids is 1. The number of carboxylic acid groups (broad SMARTS) is 1. The van der Waals surface area contributed by atoms with Gasteiger partial charge in [-0.2, -0.15) is 0 Å². The van der Waals surface area contributed by atoms with Crippen LogP contribution in [0, 0.1) is 6.92 Å². The molecule has 0 aliphatic carbocycles. The maximum atomic E-state index is 10.3. The SMILES string of the molecule is COc1ccc(CSCC(=O)O)cc1C. The molecule has 0 saturated carbocycles. The third-order valence-electron chi connectivity index (χ3n) is 1.95. The summed E-state index contributed by atoms with van der Waals surface area (Å²) in [5.74, 6) is 0.953. The van der Waals surface area contributed by atoms with Gasteiger partial charge in [0, 0.05) is 5.75 Å². The second-order valence-electron chi connectivity index (χ2n) is 3.19. The molecule has 0 spiro atoms. The van der Waals surface area contributed by atoms with E-state index in [1.807, 2.05) is 25.1 Å². The molecule has 0 heterocycles. The molecule has 1 aromatic rings. The second kappa shape index (κ2) is 5.66. The van der Waals surface area contributed by atoms with Gasteiger partial charge in [0.15, 0.2) is 0 Å². The van der Waals surface area contributed by atoms with Crippen LogP contribution in [0.2, 0.25) is 0 Å². The van der Waals surface area contributed by atoms with E-state index >= 15 is 0 Å². The molecule has 82 valence electrons. The van der Waals surface area contributed by atoms with Crippen molar-refractivity contribution in [1.82, 2.24) is 0 Å². The maximum Gasteiger partial charge on any atom is 0.313 e. The average Bonchev–Trinajstić information content (AvgIpc) is 2.17. The van der Waals surface area contributed by atoms with Crippen LogP contribution in [-0.4, -0.2) is 23.9 Å². The molecule has 4 heteroatoms. The van der Waals surface area contributed by atoms with Gasteiger partial charge in [-0.3, -0.25) is 4.79 Å². The van der Waals surface area contributed by atoms with E-state index in [0.29, 0.717) is 0 Å². The number of aryl methyl sites for hydroxylation is 1. The van der Waals surface area contributed by atoms with Gasteiger partial charge in [0.2, 0.25) is 0 Å². The Morgan fingerprint density at radius 2 is 2.27 bits per heavy atom. The Morgan fingerprint density at radius 3 is 2.80 bits per heavy atom. The van der Waals surface area contributed by atoms with E-state index in [9.17, 15) is 4.79 Å². The Morgan fingerprint density at radius 1 is 1.53 bits per heavy atom. The van der Waals surface area contributed by atoms with Gasteiger partial charge in [-0.15, -0.1) is 11.8 Å². The lowest BCUT2D eigenvalue weighted by Crippen LogP contribution is -1.98. The van der Waals surface area contributed by atoms with E-state index in [4.69, 9.17) is 9.84 Å². The summed E-state index contributed by atoms with van der Waals surface area (Å²) in [5.41, 5.74) is 2.20. The van der Waals surface area contributed by atoms with Crippen molar-refractivity contribution in [3.05, 3.63) is 29.3 Å². The summed E-state index contributed by atoms with van der Waals surface area (Å²) in [7, 11) is 1.64. The number of benzene rings is 1. The standard InChI is InChI=1S/C11H14O3S/c1-8-5-9(3-4-10(8)14-2)6-15-7-11(12)13/h3-5H,6-7H2,1-2H3,(H,12,13). The molecule has 0 aliphatic heterocycles. The normalized spacial score (nSPS) is 10.0. The van der Waals surface area contributed by atoms with Crippen molar-refractivity contribution < 1.29 is 14.6 Å². The highest BCUT2D eigenvalue weighted by Gasteiger charge is 2.01. The molecule has 1 rings (SSSR count). The Kier molecular flexibility index (Phi) is 4.49. The average molecular weight is 226 g/mol. The molecule has 0 aromatic heterocycles. The summed E-state index contributed by atoms with van der Waals surface area (Å²) in [5, 5.41) is 8.49. The van der Waals surface area contributed by atoms with Crippen molar-refractivity contribution in [3.8, 4) is 5.75 Å². The topological polar surface area (TPSA) is 46.5 Å². The first-order chi connectivity index (χ1) is 7.13. The van der Waals surface area contributed by atoms with Crippen molar-refractivity contribution in [2.24, 2.45) is 0 Å². The number of hydrogen-bond acceptors (Lipinski definition) is 3. The van der Waals surface area contributed by atoms with E-state index < -0.39 is 5.97 Å². The number of carbonyl (C=O) groups is 1. The molecule has 3 nitrogen and oxygen atoms in total. The van der Waals surface area contributed by atoms with Crippen LogP contribution in [0.5, 0.6) is 5.75 Å². The molecule has 0 aliphatic rings. The van der Waals surface area contributed by atoms with Crippen LogP contribution in [0.25, 0.3) is 0 Å². The van der Waals surface area contributed by atoms with Crippen molar-refractivity contribution in [2.45, 2.75) is 12.7 Å². The molecule has 15 heavy (non-hydrogen) atoms. The third-order valence-corrected chi connectivity index (χ3v) is 2.94. The second-order valence-corrected chi connectivity index (χ2v) is 4.18. The Hall–Kier alpha value is -1.16. The van der Waals surface area contributed by atoms with Gasteiger partial charge in [0.05, 0.1) is 12.9 Å². The van der Waals surface area contributed by atoms with E-state index in [2.05, 4.69) is 0 Å². The van der Waals surface area contributed by atoms with Crippen LogP contribution in [0.15, 0.2) is 18.2 Å². The fourth-order valence-corrected chi connectivity index (χ4v) is 1.98. The predicted molar refractivity (Wildman–Crippen MR) is 61.5 cm³/mol. The summed E-state index contributed by atoms with van der Waals surface area (Å²) in [4.78, 5) is 10.3. The van der Waals surface area contributed by atoms with Gasteiger partial charge in [0.1, 0.15) is 5.75 Å². The zero-order valence-corrected chi connectivity index (χ0v) is 9.63. The zero-order valence-electron chi connectivity index (χ0n) is 8.82. The quantitative estimate of drug-likeness (QED) is 0.837. The maximum absolute atomic E-state index is 10.3. The lowest BCUT2D eigenvalue weighted by atomic mass is 10.1. The molecule has 0 saturated heterocycles. The third kappa shape index (κ3) is 3.83. The van der Waals surface area contributed by atoms with E-state index in [-0.39, 0.29) is 5.75 Å². The number of hydrogen-bond donors (Lipinski definition) is 1. The summed E-state index contributed by atoms with van der Waals surface area (Å²) >= 11 is 1.40. The van der Waals surface area contributed by atoms with Crippen LogP contribution < -0.4 is 4.74 Å². The number of thioether (sulfide) groups is 1. The van der Waals surface area contributed by atoms with Crippen molar-refractivity contribution in [1.29, 1.82) is 0 Å². The molecule has 0 fully saturated rings. The van der Waals surface area contributed by atoms with Crippen LogP contribution in [0.1, 0.15) is 11.1 Å². The Bertz CT molecular complexity index is 350. The summed E-state index contributed by atoms with van der Waals surface area (Å²) in [6, 6.07) is 5.89. The number of ether oxygens (including phenoxy) is 1. The van der Waals surface area contributed by atoms with Crippen LogP contribution in [0.4, 0.5) is 0 Å². The summed E-state index contributed by atoms with van der Waals surface area (Å²) < 4.78 is 5.14. The highest BCUT2D eigenvalue weighted by atomic mass is 32.2. The highest BCUT2D eigenvalue weighted by molar-refractivity contribution is 7.99. The minimum atomic E-state index is -0.773. The minimum absolute atomic E-state index is 0.144. The molecule has 0 atom stereocenters. The predicted octanol–water partition coefficient (Wildman–Crippen LogP) is 2.32. The first-order valence-electron chi connectivity index (χ1n) is 4.56. The number of rotatable bonds is 5. The van der Waals surface area contributed by atoms with E-state index in [0.717, 1.165) is 22.6 Å². The van der Waals surface area contributed by atoms with Crippen LogP contribution >= 0.6 is 11.8 Å². The summed E-state index contributed by atoms with van der Waals surface area (Å²) in [6.07, 6.45) is 0. The van der Waals surface area contributed by atoms with Crippen LogP contribution in [-0.2, 0) is 10.5 Å². The van der Waals surface area contributed by atoms with Gasteiger partial charge >= 0.3 is 5.97 Å². The van der Waals surface area contributed by atoms with Gasteiger partial charge in [0.25, 0.3) is 0 Å². The largest absolute Gasteiger partial charge is 0.496 e. The van der Waals surface area contributed by atoms with Crippen molar-refractivity contribution in [3.63, 3.8) is 0 Å². The molecule has 0 bridgehead atoms. The van der Waals surface area contributed by atoms with Gasteiger partial charge in [-0.05, 0) is 24.1 Å². The van der Waals surface area contributed by atoms with Crippen molar-refractivity contribution in [2.75, 3.05) is 12.9 Å². The minimum Gasteiger partial charge on any atom is -0.496 e. The lowest BCUT2D eigenvalue weighted by molar-refractivity contribution is -0.133. The fraction of sp³-hybridized carbons (Fsp3) is 0.364. The van der Waals surface area contributed by atoms with Gasteiger partial charge < -0.3 is 9.84 Å². The van der Waals surface area contributed by atoms with Gasteiger partial charge in [-0.25, -0.2) is 0 Å². The fourth-order valence-electron chi connectivity index (χ4n) is 1.29. The number of aliphatic carboxylic acids is 1. The van der Waals surface area contributed by atoms with Crippen LogP contribution in [0.3, 0.4) is 0 Å². The summed E-state index contributed by atoms with van der Waals surface area (Å²) in [6.45, 7) is 1.98. The monoisotopic (exact) mass is 226 g/mol. The lowest BCUT2D eigenvalue weighted by Gasteiger charge is -2.06. The molecular formula is C11H14O3S. The zero-order chi connectivity index (χ0) is 11.3. The van der Waals surface area contributed by atoms with E-state index in [1.165, 1.54) is 11.8 Å². The first kappa shape index (κ1) is 11.9. The Labute approximate surface area is 93.4 Å². The first-order valence-corrected chi connectivity index (χ1v) is 5.72. The molecule has 1 N–H and O–H groups in total. The highest BCUT2D eigenvalue weighted by Crippen LogP contribution is 2.21. The van der Waals surface area contributed by atoms with Gasteiger partial charge in [-0.1, -0.05) is 12.1 Å². The number of methoxy groups -OCH3 is 1. The molecule has 0 amide bonds. The van der Waals surface area contributed by atoms with E-state index in [1.54, 1.807) is 7.11 Å². The Balaban J connectivity index is 2.55. The smallest absolute Gasteiger partial charge is 0.313 e. The molecular weight excluding hydrogens is 212 g/mol. The molecule has 1 aromatic carbocycles. The van der Waals surface area contributed by atoms with Crippen molar-refractivity contribution >= 4 is 17.7 Å². The molecule has 0 radical (unpaired) electrons. The molecule has 0 unspecified atom stereocenters.